The van der Waals surface area contributed by atoms with Crippen LogP contribution in [0.5, 0.6) is 0 Å². The van der Waals surface area contributed by atoms with Crippen molar-refractivity contribution >= 4 is 23.4 Å². The molecule has 0 radical (unpaired) electrons. The van der Waals surface area contributed by atoms with Crippen molar-refractivity contribution in [3.05, 3.63) is 59.2 Å². The number of hydrogen-bond acceptors (Lipinski definition) is 5. The summed E-state index contributed by atoms with van der Waals surface area (Å²) in [5, 5.41) is 12.8. The summed E-state index contributed by atoms with van der Waals surface area (Å²) >= 11 is 0. The van der Waals surface area contributed by atoms with Crippen molar-refractivity contribution in [3.63, 3.8) is 0 Å². The van der Waals surface area contributed by atoms with E-state index in [0.29, 0.717) is 72.5 Å². The zero-order valence-electron chi connectivity index (χ0n) is 35.8. The van der Waals surface area contributed by atoms with Crippen molar-refractivity contribution in [2.45, 2.75) is 132 Å². The van der Waals surface area contributed by atoms with Crippen molar-refractivity contribution < 1.29 is 24.3 Å². The molecule has 0 aliphatic heterocycles. The number of carbonyl (C=O) groups is 4. The first-order valence-electron chi connectivity index (χ1n) is 22.3. The van der Waals surface area contributed by atoms with Crippen LogP contribution in [-0.4, -0.2) is 44.6 Å². The molecule has 5 fully saturated rings. The first-order chi connectivity index (χ1) is 26.9. The standard InChI is InChI=1S/C49H67N3O5/c1-28(2)42-39(54)25-49(21-22-50-44(55)31-9-11-33(12-10-31)52-26-29(3)51-27-52)20-16-37-34(43(42)49)13-14-41-47(37,7)19-17-40-46(5,6)32(15-18-48(40,41)8)23-38(53)35-24-36(30(35)4)45(56)57/h9-12,26-28,30,32,34-37,40-41H,13-25H2,1-8H3,(H,50,55)(H,56,57). The molecule has 2 aromatic rings. The number of rotatable bonds is 10. The fourth-order valence-electron chi connectivity index (χ4n) is 15.0. The Hall–Kier alpha value is -3.55. The summed E-state index contributed by atoms with van der Waals surface area (Å²) in [5.74, 6) is 1.92. The van der Waals surface area contributed by atoms with E-state index in [1.165, 1.54) is 24.8 Å². The Kier molecular flexibility index (Phi) is 10.1. The van der Waals surface area contributed by atoms with Gasteiger partial charge in [0.15, 0.2) is 5.78 Å². The number of nitrogens with zero attached hydrogens (tertiary/aromatic N) is 2. The van der Waals surface area contributed by atoms with Crippen LogP contribution in [0.25, 0.3) is 5.69 Å². The zero-order chi connectivity index (χ0) is 40.8. The minimum absolute atomic E-state index is 0.0403. The van der Waals surface area contributed by atoms with Crippen molar-refractivity contribution in [1.29, 1.82) is 0 Å². The maximum Gasteiger partial charge on any atom is 0.306 e. The predicted molar refractivity (Wildman–Crippen MR) is 222 cm³/mol. The van der Waals surface area contributed by atoms with Crippen LogP contribution < -0.4 is 5.32 Å². The molecule has 0 saturated heterocycles. The molecule has 0 bridgehead atoms. The number of carboxylic acid groups (broad SMARTS) is 1. The van der Waals surface area contributed by atoms with Gasteiger partial charge in [-0.15, -0.1) is 0 Å². The van der Waals surface area contributed by atoms with Gasteiger partial charge in [0.25, 0.3) is 5.91 Å². The summed E-state index contributed by atoms with van der Waals surface area (Å²) < 4.78 is 1.96. The number of carboxylic acids is 1. The maximum atomic E-state index is 14.0. The van der Waals surface area contributed by atoms with Crippen molar-refractivity contribution in [2.75, 3.05) is 6.54 Å². The molecular formula is C49H67N3O5. The minimum Gasteiger partial charge on any atom is -0.481 e. The van der Waals surface area contributed by atoms with Crippen molar-refractivity contribution in [1.82, 2.24) is 14.9 Å². The lowest BCUT2D eigenvalue weighted by molar-refractivity contribution is -0.193. The van der Waals surface area contributed by atoms with E-state index in [1.807, 2.05) is 48.9 Å². The third-order valence-corrected chi connectivity index (χ3v) is 18.0. The van der Waals surface area contributed by atoms with Gasteiger partial charge in [0.05, 0.1) is 17.9 Å². The fraction of sp³-hybridized carbons (Fsp3) is 0.694. The Morgan fingerprint density at radius 3 is 2.30 bits per heavy atom. The van der Waals surface area contributed by atoms with Crippen LogP contribution in [0.15, 0.2) is 47.9 Å². The van der Waals surface area contributed by atoms with Gasteiger partial charge in [0.2, 0.25) is 0 Å². The first-order valence-corrected chi connectivity index (χ1v) is 22.3. The van der Waals surface area contributed by atoms with Gasteiger partial charge in [-0.25, -0.2) is 4.98 Å². The van der Waals surface area contributed by atoms with E-state index in [0.717, 1.165) is 55.5 Å². The van der Waals surface area contributed by atoms with Crippen molar-refractivity contribution in [2.24, 2.45) is 74.9 Å². The maximum absolute atomic E-state index is 14.0. The quantitative estimate of drug-likeness (QED) is 0.248. The van der Waals surface area contributed by atoms with Gasteiger partial charge in [-0.1, -0.05) is 54.0 Å². The lowest BCUT2D eigenvalue weighted by atomic mass is 9.35. The highest BCUT2D eigenvalue weighted by Gasteiger charge is 2.66. The summed E-state index contributed by atoms with van der Waals surface area (Å²) in [6.07, 6.45) is 15.3. The number of aromatic nitrogens is 2. The molecule has 11 atom stereocenters. The summed E-state index contributed by atoms with van der Waals surface area (Å²) in [4.78, 5) is 57.0. The highest BCUT2D eigenvalue weighted by atomic mass is 16.4. The molecule has 57 heavy (non-hydrogen) atoms. The molecule has 1 aromatic heterocycles. The number of hydrogen-bond donors (Lipinski definition) is 2. The molecule has 308 valence electrons. The smallest absolute Gasteiger partial charge is 0.306 e. The Morgan fingerprint density at radius 2 is 1.65 bits per heavy atom. The van der Waals surface area contributed by atoms with Crippen LogP contribution in [0.1, 0.15) is 142 Å². The second kappa shape index (κ2) is 14.3. The van der Waals surface area contributed by atoms with E-state index in [2.05, 4.69) is 51.8 Å². The fourth-order valence-corrected chi connectivity index (χ4v) is 15.0. The number of imidazole rings is 1. The van der Waals surface area contributed by atoms with Crippen LogP contribution in [0.3, 0.4) is 0 Å². The number of nitrogens with one attached hydrogen (secondary N) is 1. The molecule has 8 nitrogen and oxygen atoms in total. The molecule has 1 aromatic carbocycles. The molecule has 1 amide bonds. The third kappa shape index (κ3) is 6.40. The highest BCUT2D eigenvalue weighted by Crippen LogP contribution is 2.74. The number of benzene rings is 1. The largest absolute Gasteiger partial charge is 0.481 e. The van der Waals surface area contributed by atoms with Crippen LogP contribution in [0.4, 0.5) is 0 Å². The first kappa shape index (κ1) is 40.2. The van der Waals surface area contributed by atoms with E-state index < -0.39 is 5.97 Å². The molecule has 2 N–H and O–H groups in total. The predicted octanol–water partition coefficient (Wildman–Crippen LogP) is 9.82. The van der Waals surface area contributed by atoms with Gasteiger partial charge in [0.1, 0.15) is 5.78 Å². The lowest BCUT2D eigenvalue weighted by Gasteiger charge is -2.69. The van der Waals surface area contributed by atoms with Crippen LogP contribution >= 0.6 is 0 Å². The summed E-state index contributed by atoms with van der Waals surface area (Å²) in [7, 11) is 0. The Morgan fingerprint density at radius 1 is 0.930 bits per heavy atom. The zero-order valence-corrected chi connectivity index (χ0v) is 35.8. The molecular weight excluding hydrogens is 711 g/mol. The number of aryl methyl sites for hydroxylation is 1. The van der Waals surface area contributed by atoms with Gasteiger partial charge in [-0.05, 0) is 159 Å². The number of Topliss-reactive ketones (excluding diaryl/α,β-unsaturated/α-hetero) is 2. The summed E-state index contributed by atoms with van der Waals surface area (Å²) in [6, 6.07) is 7.66. The average molecular weight is 778 g/mol. The second-order valence-corrected chi connectivity index (χ2v) is 21.2. The van der Waals surface area contributed by atoms with Crippen LogP contribution in [0.2, 0.25) is 0 Å². The molecule has 6 aliphatic carbocycles. The number of ketones is 2. The monoisotopic (exact) mass is 778 g/mol. The average Bonchev–Trinajstić information content (AvgIpc) is 3.72. The van der Waals surface area contributed by atoms with E-state index >= 15 is 0 Å². The Bertz CT molecular complexity index is 1970. The van der Waals surface area contributed by atoms with Gasteiger partial charge in [-0.3, -0.25) is 19.2 Å². The van der Waals surface area contributed by atoms with Gasteiger partial charge in [0, 0.05) is 48.2 Å². The van der Waals surface area contributed by atoms with E-state index in [-0.39, 0.29) is 51.2 Å². The number of carbonyl (C=O) groups excluding carboxylic acids is 3. The number of aliphatic carboxylic acids is 1. The second-order valence-electron chi connectivity index (χ2n) is 21.2. The number of allylic oxidation sites excluding steroid dienone is 2. The lowest BCUT2D eigenvalue weighted by Crippen LogP contribution is -2.62. The van der Waals surface area contributed by atoms with E-state index in [9.17, 15) is 24.3 Å². The molecule has 5 saturated carbocycles. The SMILES string of the molecule is Cc1cn(-c2ccc(C(=O)NCCC34CCC5C(CCC6C5(C)CCC5C(C)(C)C(CC(=O)C7CC(C(=O)O)C7C)CCC56C)C3=C(C(C)C)C(=O)C4)cc2)cn1. The molecule has 6 aliphatic rings. The molecule has 0 spiro atoms. The summed E-state index contributed by atoms with van der Waals surface area (Å²) in [5.41, 5.74) is 5.39. The van der Waals surface area contributed by atoms with Crippen LogP contribution in [-0.2, 0) is 14.4 Å². The topological polar surface area (TPSA) is 118 Å². The van der Waals surface area contributed by atoms with Gasteiger partial charge < -0.3 is 15.0 Å². The van der Waals surface area contributed by atoms with E-state index in [4.69, 9.17) is 0 Å². The molecule has 8 rings (SSSR count). The molecule has 11 unspecified atom stereocenters. The number of fused-ring (bicyclic) bond motifs is 7. The Labute approximate surface area is 340 Å². The minimum atomic E-state index is -0.760. The van der Waals surface area contributed by atoms with Crippen molar-refractivity contribution in [3.8, 4) is 5.69 Å². The third-order valence-electron chi connectivity index (χ3n) is 18.0. The van der Waals surface area contributed by atoms with E-state index in [1.54, 1.807) is 6.33 Å². The normalized spacial score (nSPS) is 38.1. The Balaban J connectivity index is 0.971. The number of amides is 1. The molecule has 8 heteroatoms. The highest BCUT2D eigenvalue weighted by molar-refractivity contribution is 6.00. The van der Waals surface area contributed by atoms with Crippen LogP contribution in [0, 0.1) is 81.8 Å². The van der Waals surface area contributed by atoms with Gasteiger partial charge >= 0.3 is 5.97 Å². The molecule has 1 heterocycles. The summed E-state index contributed by atoms with van der Waals surface area (Å²) in [6.45, 7) is 19.0. The van der Waals surface area contributed by atoms with Gasteiger partial charge in [-0.2, -0.15) is 0 Å².